The highest BCUT2D eigenvalue weighted by atomic mass is 19.1. The Balaban J connectivity index is 1.35. The molecule has 4 aromatic rings. The molecule has 0 radical (unpaired) electrons. The molecule has 0 spiro atoms. The lowest BCUT2D eigenvalue weighted by Crippen LogP contribution is -2.43. The van der Waals surface area contributed by atoms with E-state index in [1.807, 2.05) is 30.5 Å². The number of aliphatic carboxylic acids is 1. The molecule has 7 nitrogen and oxygen atoms in total. The molecule has 1 aliphatic heterocycles. The second-order valence-electron chi connectivity index (χ2n) is 9.90. The van der Waals surface area contributed by atoms with Gasteiger partial charge in [0.1, 0.15) is 23.2 Å². The first-order chi connectivity index (χ1) is 19.4. The van der Waals surface area contributed by atoms with Crippen molar-refractivity contribution in [3.05, 3.63) is 113 Å². The van der Waals surface area contributed by atoms with Crippen molar-refractivity contribution in [3.8, 4) is 0 Å². The molecular formula is C31H29F2N3O4. The second kappa shape index (κ2) is 12.3. The van der Waals surface area contributed by atoms with Gasteiger partial charge in [-0.05, 0) is 58.3 Å². The molecule has 1 aliphatic rings. The van der Waals surface area contributed by atoms with Crippen LogP contribution in [0.5, 0.6) is 0 Å². The topological polar surface area (TPSA) is 91.8 Å². The van der Waals surface area contributed by atoms with Gasteiger partial charge in [0.2, 0.25) is 0 Å². The summed E-state index contributed by atoms with van der Waals surface area (Å²) < 4.78 is 33.6. The van der Waals surface area contributed by atoms with Gasteiger partial charge in [-0.2, -0.15) is 0 Å². The third-order valence-corrected chi connectivity index (χ3v) is 7.03. The average molecular weight is 546 g/mol. The van der Waals surface area contributed by atoms with Crippen LogP contribution in [0.1, 0.15) is 32.6 Å². The maximum absolute atomic E-state index is 14.0. The van der Waals surface area contributed by atoms with Gasteiger partial charge >= 0.3 is 5.97 Å². The number of carbonyl (C=O) groups excluding carboxylic acids is 1. The number of morpholine rings is 1. The van der Waals surface area contributed by atoms with Crippen LogP contribution in [-0.4, -0.2) is 59.2 Å². The summed E-state index contributed by atoms with van der Waals surface area (Å²) in [5.74, 6) is -4.53. The number of pyridine rings is 1. The van der Waals surface area contributed by atoms with Crippen LogP contribution < -0.4 is 5.32 Å². The van der Waals surface area contributed by atoms with Gasteiger partial charge < -0.3 is 15.2 Å². The number of carboxylic acid groups (broad SMARTS) is 1. The van der Waals surface area contributed by atoms with E-state index in [4.69, 9.17) is 4.74 Å². The predicted molar refractivity (Wildman–Crippen MR) is 146 cm³/mol. The van der Waals surface area contributed by atoms with E-state index in [1.165, 1.54) is 5.56 Å². The van der Waals surface area contributed by atoms with Gasteiger partial charge in [-0.3, -0.25) is 14.7 Å². The lowest BCUT2D eigenvalue weighted by molar-refractivity contribution is -0.139. The van der Waals surface area contributed by atoms with Crippen LogP contribution in [-0.2, 0) is 28.9 Å². The summed E-state index contributed by atoms with van der Waals surface area (Å²) >= 11 is 0. The number of carboxylic acids is 1. The standard InChI is InChI=1S/C31H29F2N3O4/c32-26-5-2-6-27(33)29(26)30(37)35-28(31(38)39)17-21-4-1-3-20(13-21)14-24-16-22(19-36-9-11-40-12-10-36)15-23-7-8-34-18-25(23)24/h1-8,13,15-16,18,28H,9-12,14,17,19H2,(H,35,37)(H,38,39). The summed E-state index contributed by atoms with van der Waals surface area (Å²) in [5, 5.41) is 14.1. The summed E-state index contributed by atoms with van der Waals surface area (Å²) in [6.07, 6.45) is 4.17. The molecule has 9 heteroatoms. The average Bonchev–Trinajstić information content (AvgIpc) is 2.93. The van der Waals surface area contributed by atoms with E-state index >= 15 is 0 Å². The number of benzene rings is 3. The number of hydrogen-bond donors (Lipinski definition) is 2. The number of fused-ring (bicyclic) bond motifs is 1. The van der Waals surface area contributed by atoms with Crippen LogP contribution in [0.3, 0.4) is 0 Å². The van der Waals surface area contributed by atoms with Crippen LogP contribution in [0, 0.1) is 11.6 Å². The van der Waals surface area contributed by atoms with Crippen LogP contribution in [0.2, 0.25) is 0 Å². The fourth-order valence-electron chi connectivity index (χ4n) is 5.06. The molecule has 1 saturated heterocycles. The quantitative estimate of drug-likeness (QED) is 0.325. The molecule has 0 saturated carbocycles. The maximum Gasteiger partial charge on any atom is 0.326 e. The zero-order valence-electron chi connectivity index (χ0n) is 21.8. The first-order valence-electron chi connectivity index (χ1n) is 13.1. The predicted octanol–water partition coefficient (Wildman–Crippen LogP) is 4.36. The smallest absolute Gasteiger partial charge is 0.326 e. The number of ether oxygens (including phenoxy) is 1. The molecule has 2 heterocycles. The Hall–Kier alpha value is -4.21. The van der Waals surface area contributed by atoms with Gasteiger partial charge in [-0.1, -0.05) is 36.4 Å². The van der Waals surface area contributed by atoms with Crippen molar-refractivity contribution in [2.45, 2.75) is 25.4 Å². The highest BCUT2D eigenvalue weighted by Crippen LogP contribution is 2.25. The Morgan fingerprint density at radius 3 is 2.45 bits per heavy atom. The number of nitrogens with zero attached hydrogens (tertiary/aromatic N) is 2. The van der Waals surface area contributed by atoms with E-state index in [0.29, 0.717) is 12.0 Å². The van der Waals surface area contributed by atoms with E-state index in [9.17, 15) is 23.5 Å². The van der Waals surface area contributed by atoms with Crippen molar-refractivity contribution in [2.75, 3.05) is 26.3 Å². The first-order valence-corrected chi connectivity index (χ1v) is 13.1. The normalized spacial score (nSPS) is 14.7. The molecule has 2 N–H and O–H groups in total. The van der Waals surface area contributed by atoms with E-state index in [1.54, 1.807) is 12.3 Å². The summed E-state index contributed by atoms with van der Waals surface area (Å²) in [5.41, 5.74) is 3.12. The second-order valence-corrected chi connectivity index (χ2v) is 9.90. The number of hydrogen-bond acceptors (Lipinski definition) is 5. The Kier molecular flexibility index (Phi) is 8.42. The molecule has 5 rings (SSSR count). The fraction of sp³-hybridized carbons (Fsp3) is 0.258. The van der Waals surface area contributed by atoms with Gasteiger partial charge in [0.25, 0.3) is 5.91 Å². The largest absolute Gasteiger partial charge is 0.480 e. The minimum atomic E-state index is -1.37. The lowest BCUT2D eigenvalue weighted by Gasteiger charge is -2.27. The van der Waals surface area contributed by atoms with Gasteiger partial charge in [0.15, 0.2) is 0 Å². The van der Waals surface area contributed by atoms with Crippen molar-refractivity contribution >= 4 is 22.6 Å². The van der Waals surface area contributed by atoms with E-state index in [0.717, 1.165) is 72.9 Å². The van der Waals surface area contributed by atoms with E-state index in [2.05, 4.69) is 27.3 Å². The minimum Gasteiger partial charge on any atom is -0.480 e. The van der Waals surface area contributed by atoms with Crippen LogP contribution in [0.25, 0.3) is 10.8 Å². The number of nitrogens with one attached hydrogen (secondary N) is 1. The maximum atomic E-state index is 14.0. The van der Waals surface area contributed by atoms with Crippen LogP contribution in [0.4, 0.5) is 8.78 Å². The SMILES string of the molecule is O=C(NC(Cc1cccc(Cc2cc(CN3CCOCC3)cc3ccncc23)c1)C(=O)O)c1c(F)cccc1F. The molecule has 40 heavy (non-hydrogen) atoms. The highest BCUT2D eigenvalue weighted by molar-refractivity contribution is 5.97. The Labute approximate surface area is 230 Å². The van der Waals surface area contributed by atoms with Gasteiger partial charge in [0.05, 0.1) is 13.2 Å². The number of rotatable bonds is 9. The molecule has 1 fully saturated rings. The molecule has 1 unspecified atom stereocenters. The van der Waals surface area contributed by atoms with Crippen molar-refractivity contribution in [1.82, 2.24) is 15.2 Å². The molecule has 3 aromatic carbocycles. The summed E-state index contributed by atoms with van der Waals surface area (Å²) in [4.78, 5) is 31.2. The number of aromatic nitrogens is 1. The highest BCUT2D eigenvalue weighted by Gasteiger charge is 2.25. The molecular weight excluding hydrogens is 516 g/mol. The number of carbonyl (C=O) groups is 2. The molecule has 206 valence electrons. The molecule has 0 bridgehead atoms. The monoisotopic (exact) mass is 545 g/mol. The van der Waals surface area contributed by atoms with Crippen LogP contribution in [0.15, 0.2) is 73.1 Å². The van der Waals surface area contributed by atoms with Crippen molar-refractivity contribution in [2.24, 2.45) is 0 Å². The van der Waals surface area contributed by atoms with Crippen molar-refractivity contribution < 1.29 is 28.2 Å². The Bertz CT molecular complexity index is 1520. The Morgan fingerprint density at radius 1 is 0.975 bits per heavy atom. The summed E-state index contributed by atoms with van der Waals surface area (Å²) in [7, 11) is 0. The van der Waals surface area contributed by atoms with Gasteiger partial charge in [-0.25, -0.2) is 13.6 Å². The van der Waals surface area contributed by atoms with Gasteiger partial charge in [-0.15, -0.1) is 0 Å². The molecule has 1 atom stereocenters. The zero-order valence-corrected chi connectivity index (χ0v) is 21.8. The van der Waals surface area contributed by atoms with Crippen molar-refractivity contribution in [3.63, 3.8) is 0 Å². The molecule has 0 aliphatic carbocycles. The lowest BCUT2D eigenvalue weighted by atomic mass is 9.95. The molecule has 1 amide bonds. The van der Waals surface area contributed by atoms with Crippen molar-refractivity contribution in [1.29, 1.82) is 0 Å². The minimum absolute atomic E-state index is 0.0512. The third-order valence-electron chi connectivity index (χ3n) is 7.03. The fourth-order valence-corrected chi connectivity index (χ4v) is 5.06. The van der Waals surface area contributed by atoms with E-state index < -0.39 is 35.1 Å². The number of halogens is 2. The summed E-state index contributed by atoms with van der Waals surface area (Å²) in [6, 6.07) is 15.5. The third kappa shape index (κ3) is 6.50. The first kappa shape index (κ1) is 27.4. The molecule has 1 aromatic heterocycles. The van der Waals surface area contributed by atoms with Gasteiger partial charge in [0, 0.05) is 43.8 Å². The zero-order chi connectivity index (χ0) is 28.1. The summed E-state index contributed by atoms with van der Waals surface area (Å²) in [6.45, 7) is 4.04. The number of amides is 1. The Morgan fingerprint density at radius 2 is 1.70 bits per heavy atom. The van der Waals surface area contributed by atoms with Crippen LogP contribution >= 0.6 is 0 Å². The van der Waals surface area contributed by atoms with E-state index in [-0.39, 0.29) is 6.42 Å².